The number of aliphatic hydroxyl groups excluding tert-OH is 1. The first-order chi connectivity index (χ1) is 8.94. The Balaban J connectivity index is 2.45. The fraction of sp³-hybridized carbons (Fsp3) is 0.100. The monoisotopic (exact) mass is 338 g/mol. The molecule has 9 heteroatoms. The van der Waals surface area contributed by atoms with Crippen LogP contribution in [0.15, 0.2) is 28.6 Å². The molecule has 2 rings (SSSR count). The molecule has 1 aromatic carbocycles. The van der Waals surface area contributed by atoms with Gasteiger partial charge in [0.05, 0.1) is 11.6 Å². The Morgan fingerprint density at radius 1 is 1.32 bits per heavy atom. The van der Waals surface area contributed by atoms with E-state index in [1.165, 1.54) is 18.3 Å². The molecule has 0 unspecified atom stereocenters. The molecule has 0 saturated carbocycles. The van der Waals surface area contributed by atoms with Gasteiger partial charge in [0.2, 0.25) is 0 Å². The van der Waals surface area contributed by atoms with E-state index >= 15 is 0 Å². The van der Waals surface area contributed by atoms with Crippen molar-refractivity contribution in [2.24, 2.45) is 0 Å². The zero-order valence-corrected chi connectivity index (χ0v) is 12.4. The highest BCUT2D eigenvalue weighted by molar-refractivity contribution is 7.93. The van der Waals surface area contributed by atoms with E-state index < -0.39 is 10.0 Å². The number of halogens is 2. The lowest BCUT2D eigenvalue weighted by Crippen LogP contribution is -2.13. The van der Waals surface area contributed by atoms with Crippen LogP contribution in [0.5, 0.6) is 0 Å². The second-order valence-corrected chi connectivity index (χ2v) is 6.83. The van der Waals surface area contributed by atoms with Crippen LogP contribution in [-0.2, 0) is 16.6 Å². The van der Waals surface area contributed by atoms with Crippen molar-refractivity contribution in [1.29, 1.82) is 0 Å². The lowest BCUT2D eigenvalue weighted by Gasteiger charge is -2.09. The van der Waals surface area contributed by atoms with Crippen LogP contribution in [0.25, 0.3) is 0 Å². The number of hydrogen-bond donors (Lipinski definition) is 2. The predicted molar refractivity (Wildman–Crippen MR) is 75.3 cm³/mol. The highest BCUT2D eigenvalue weighted by Crippen LogP contribution is 2.30. The summed E-state index contributed by atoms with van der Waals surface area (Å²) in [6.45, 7) is -0.379. The Labute approximate surface area is 123 Å². The number of nitrogens with zero attached hydrogens (tertiary/aromatic N) is 1. The van der Waals surface area contributed by atoms with Crippen molar-refractivity contribution in [3.05, 3.63) is 39.3 Å². The summed E-state index contributed by atoms with van der Waals surface area (Å²) in [5.74, 6) is 0. The van der Waals surface area contributed by atoms with Crippen molar-refractivity contribution in [1.82, 2.24) is 4.98 Å². The molecule has 0 fully saturated rings. The van der Waals surface area contributed by atoms with Gasteiger partial charge >= 0.3 is 0 Å². The molecular formula is C10H8Cl2N2O3S2. The molecule has 2 aromatic rings. The van der Waals surface area contributed by atoms with Crippen molar-refractivity contribution in [2.45, 2.75) is 11.5 Å². The van der Waals surface area contributed by atoms with Gasteiger partial charge in [0.25, 0.3) is 10.0 Å². The third-order valence-corrected chi connectivity index (χ3v) is 5.19. The van der Waals surface area contributed by atoms with E-state index in [2.05, 4.69) is 9.71 Å². The number of aliphatic hydroxyl groups is 1. The number of aromatic nitrogens is 1. The van der Waals surface area contributed by atoms with Crippen LogP contribution in [0.2, 0.25) is 10.0 Å². The van der Waals surface area contributed by atoms with Gasteiger partial charge < -0.3 is 5.11 Å². The SMILES string of the molecule is O=S(=O)(Nc1nccs1)c1cc(CO)c(Cl)cc1Cl. The summed E-state index contributed by atoms with van der Waals surface area (Å²) in [4.78, 5) is 3.67. The van der Waals surface area contributed by atoms with E-state index in [-0.39, 0.29) is 32.2 Å². The summed E-state index contributed by atoms with van der Waals surface area (Å²) >= 11 is 12.8. The van der Waals surface area contributed by atoms with Gasteiger partial charge in [-0.2, -0.15) is 0 Å². The molecule has 0 aliphatic rings. The largest absolute Gasteiger partial charge is 0.392 e. The average Bonchev–Trinajstić information content (AvgIpc) is 2.80. The molecular weight excluding hydrogens is 331 g/mol. The Bertz CT molecular complexity index is 687. The number of rotatable bonds is 4. The lowest BCUT2D eigenvalue weighted by molar-refractivity contribution is 0.281. The van der Waals surface area contributed by atoms with E-state index in [1.807, 2.05) is 0 Å². The van der Waals surface area contributed by atoms with Gasteiger partial charge in [0, 0.05) is 16.6 Å². The zero-order valence-electron chi connectivity index (χ0n) is 9.30. The summed E-state index contributed by atoms with van der Waals surface area (Å²) < 4.78 is 26.6. The molecule has 1 aromatic heterocycles. The van der Waals surface area contributed by atoms with Gasteiger partial charge in [-0.25, -0.2) is 13.4 Å². The van der Waals surface area contributed by atoms with Crippen LogP contribution in [0.4, 0.5) is 5.13 Å². The van der Waals surface area contributed by atoms with Gasteiger partial charge in [-0.3, -0.25) is 4.72 Å². The minimum atomic E-state index is -3.87. The number of nitrogens with one attached hydrogen (secondary N) is 1. The Morgan fingerprint density at radius 2 is 2.05 bits per heavy atom. The van der Waals surface area contributed by atoms with Crippen LogP contribution >= 0.6 is 34.5 Å². The summed E-state index contributed by atoms with van der Waals surface area (Å²) in [5.41, 5.74) is 0.283. The Hall–Kier alpha value is -0.860. The van der Waals surface area contributed by atoms with Crippen molar-refractivity contribution in [2.75, 3.05) is 4.72 Å². The predicted octanol–water partition coefficient (Wildman–Crippen LogP) is 2.74. The Morgan fingerprint density at radius 3 is 2.63 bits per heavy atom. The minimum Gasteiger partial charge on any atom is -0.392 e. The van der Waals surface area contributed by atoms with Gasteiger partial charge in [-0.05, 0) is 17.7 Å². The molecule has 102 valence electrons. The molecule has 0 aliphatic heterocycles. The molecule has 0 amide bonds. The quantitative estimate of drug-likeness (QED) is 0.898. The maximum atomic E-state index is 12.1. The third kappa shape index (κ3) is 3.18. The second-order valence-electron chi connectivity index (χ2n) is 3.47. The van der Waals surface area contributed by atoms with Crippen LogP contribution in [0.3, 0.4) is 0 Å². The lowest BCUT2D eigenvalue weighted by atomic mass is 10.2. The number of anilines is 1. The molecule has 19 heavy (non-hydrogen) atoms. The molecule has 0 atom stereocenters. The molecule has 0 spiro atoms. The van der Waals surface area contributed by atoms with E-state index in [0.717, 1.165) is 11.3 Å². The highest BCUT2D eigenvalue weighted by atomic mass is 35.5. The summed E-state index contributed by atoms with van der Waals surface area (Å²) in [6, 6.07) is 2.52. The first kappa shape index (κ1) is 14.5. The van der Waals surface area contributed by atoms with Crippen molar-refractivity contribution >= 4 is 49.7 Å². The number of thiazole rings is 1. The van der Waals surface area contributed by atoms with Gasteiger partial charge in [-0.1, -0.05) is 23.2 Å². The van der Waals surface area contributed by atoms with Crippen molar-refractivity contribution in [3.63, 3.8) is 0 Å². The topological polar surface area (TPSA) is 79.3 Å². The number of benzene rings is 1. The van der Waals surface area contributed by atoms with Gasteiger partial charge in [0.15, 0.2) is 5.13 Å². The van der Waals surface area contributed by atoms with Gasteiger partial charge in [-0.15, -0.1) is 11.3 Å². The highest BCUT2D eigenvalue weighted by Gasteiger charge is 2.21. The first-order valence-electron chi connectivity index (χ1n) is 4.95. The van der Waals surface area contributed by atoms with Crippen LogP contribution in [0, 0.1) is 0 Å². The van der Waals surface area contributed by atoms with Crippen LogP contribution in [0.1, 0.15) is 5.56 Å². The molecule has 1 heterocycles. The van der Waals surface area contributed by atoms with E-state index in [1.54, 1.807) is 5.38 Å². The number of sulfonamides is 1. The van der Waals surface area contributed by atoms with Crippen molar-refractivity contribution < 1.29 is 13.5 Å². The smallest absolute Gasteiger partial charge is 0.265 e. The summed E-state index contributed by atoms with van der Waals surface area (Å²) in [6.07, 6.45) is 1.48. The first-order valence-corrected chi connectivity index (χ1v) is 8.07. The van der Waals surface area contributed by atoms with Crippen molar-refractivity contribution in [3.8, 4) is 0 Å². The average molecular weight is 339 g/mol. The second kappa shape index (κ2) is 5.64. The van der Waals surface area contributed by atoms with E-state index in [9.17, 15) is 8.42 Å². The minimum absolute atomic E-state index is 0.0220. The maximum absolute atomic E-state index is 12.1. The van der Waals surface area contributed by atoms with Crippen LogP contribution in [-0.4, -0.2) is 18.5 Å². The normalized spacial score (nSPS) is 11.5. The molecule has 0 radical (unpaired) electrons. The fourth-order valence-corrected chi connectivity index (χ4v) is 3.99. The number of hydrogen-bond acceptors (Lipinski definition) is 5. The standard InChI is InChI=1S/C10H8Cl2N2O3S2/c11-7-4-8(12)9(3-6(7)5-15)19(16,17)14-10-13-1-2-18-10/h1-4,15H,5H2,(H,13,14). The maximum Gasteiger partial charge on any atom is 0.265 e. The molecule has 5 nitrogen and oxygen atoms in total. The van der Waals surface area contributed by atoms with Crippen LogP contribution < -0.4 is 4.72 Å². The molecule has 0 aliphatic carbocycles. The summed E-state index contributed by atoms with van der Waals surface area (Å²) in [7, 11) is -3.87. The Kier molecular flexibility index (Phi) is 4.32. The molecule has 0 bridgehead atoms. The van der Waals surface area contributed by atoms with E-state index in [4.69, 9.17) is 28.3 Å². The third-order valence-electron chi connectivity index (χ3n) is 2.21. The molecule has 0 saturated heterocycles. The summed E-state index contributed by atoms with van der Waals surface area (Å²) in [5, 5.41) is 11.2. The van der Waals surface area contributed by atoms with E-state index in [0.29, 0.717) is 0 Å². The van der Waals surface area contributed by atoms with Gasteiger partial charge in [0.1, 0.15) is 4.90 Å². The zero-order chi connectivity index (χ0) is 14.0. The fourth-order valence-electron chi connectivity index (χ4n) is 1.34. The molecule has 2 N–H and O–H groups in total.